The molecular weight excluding hydrogens is 467 g/mol. The molecule has 0 unspecified atom stereocenters. The molecular formula is C25H21Cl3N2O2. The molecule has 0 aromatic heterocycles. The smallest absolute Gasteiger partial charge is 0.213 e. The van der Waals surface area contributed by atoms with Crippen molar-refractivity contribution in [3.8, 4) is 11.5 Å². The topological polar surface area (TPSA) is 34.1 Å². The van der Waals surface area contributed by atoms with E-state index in [1.54, 1.807) is 6.07 Å². The lowest BCUT2D eigenvalue weighted by Crippen LogP contribution is -2.33. The van der Waals surface area contributed by atoms with Crippen molar-refractivity contribution in [3.63, 3.8) is 0 Å². The van der Waals surface area contributed by atoms with E-state index in [2.05, 4.69) is 0 Å². The van der Waals surface area contributed by atoms with E-state index in [1.807, 2.05) is 73.5 Å². The molecule has 0 saturated heterocycles. The Morgan fingerprint density at radius 3 is 2.38 bits per heavy atom. The first-order valence-corrected chi connectivity index (χ1v) is 11.6. The molecule has 5 rings (SSSR count). The van der Waals surface area contributed by atoms with E-state index in [0.717, 1.165) is 28.2 Å². The van der Waals surface area contributed by atoms with Crippen LogP contribution in [0.1, 0.15) is 49.2 Å². The van der Waals surface area contributed by atoms with Gasteiger partial charge in [-0.25, -0.2) is 5.01 Å². The van der Waals surface area contributed by atoms with E-state index in [9.17, 15) is 0 Å². The normalized spacial score (nSPS) is 19.3. The second-order valence-electron chi connectivity index (χ2n) is 8.17. The van der Waals surface area contributed by atoms with Crippen LogP contribution in [0.4, 0.5) is 0 Å². The molecule has 0 aliphatic carbocycles. The molecule has 0 bridgehead atoms. The highest BCUT2D eigenvalue weighted by molar-refractivity contribution is 6.35. The van der Waals surface area contributed by atoms with Crippen molar-refractivity contribution in [2.75, 3.05) is 0 Å². The lowest BCUT2D eigenvalue weighted by atomic mass is 9.96. The van der Waals surface area contributed by atoms with Gasteiger partial charge in [-0.3, -0.25) is 0 Å². The monoisotopic (exact) mass is 486 g/mol. The third-order valence-corrected chi connectivity index (χ3v) is 6.27. The zero-order valence-electron chi connectivity index (χ0n) is 17.6. The van der Waals surface area contributed by atoms with Crippen LogP contribution in [0.5, 0.6) is 11.5 Å². The summed E-state index contributed by atoms with van der Waals surface area (Å²) >= 11 is 19.0. The lowest BCUT2D eigenvalue weighted by molar-refractivity contribution is -0.0189. The molecule has 3 aromatic carbocycles. The largest absolute Gasteiger partial charge is 0.491 e. The Morgan fingerprint density at radius 2 is 1.69 bits per heavy atom. The average Bonchev–Trinajstić information content (AvgIpc) is 3.20. The van der Waals surface area contributed by atoms with E-state index in [4.69, 9.17) is 49.4 Å². The van der Waals surface area contributed by atoms with E-state index in [0.29, 0.717) is 27.2 Å². The van der Waals surface area contributed by atoms with Gasteiger partial charge in [-0.15, -0.1) is 0 Å². The number of hydrogen-bond donors (Lipinski definition) is 0. The molecule has 0 spiro atoms. The van der Waals surface area contributed by atoms with Gasteiger partial charge >= 0.3 is 0 Å². The fourth-order valence-corrected chi connectivity index (χ4v) is 4.81. The molecule has 164 valence electrons. The molecule has 0 amide bonds. The zero-order valence-corrected chi connectivity index (χ0v) is 19.8. The van der Waals surface area contributed by atoms with Crippen LogP contribution in [-0.4, -0.2) is 16.8 Å². The van der Waals surface area contributed by atoms with Crippen LogP contribution < -0.4 is 9.47 Å². The van der Waals surface area contributed by atoms with E-state index >= 15 is 0 Å². The number of ether oxygens (including phenoxy) is 2. The van der Waals surface area contributed by atoms with E-state index in [1.165, 1.54) is 0 Å². The van der Waals surface area contributed by atoms with E-state index in [-0.39, 0.29) is 12.1 Å². The molecule has 0 saturated carbocycles. The standard InChI is InChI=1S/C25H21Cl3N2O2/c1-14(2)31-19-9-5-16(6-10-19)25-30-23(20-11-18(27)12-21(28)24(20)32-25)13-22(29-30)15-3-7-17(26)8-4-15/h3-12,14,23,25H,13H2,1-2H3/t23-,25+/m0/s1. The van der Waals surface area contributed by atoms with Gasteiger partial charge < -0.3 is 9.47 Å². The molecule has 2 aliphatic heterocycles. The predicted molar refractivity (Wildman–Crippen MR) is 129 cm³/mol. The minimum Gasteiger partial charge on any atom is -0.491 e. The van der Waals surface area contributed by atoms with Gasteiger partial charge in [0.1, 0.15) is 11.5 Å². The summed E-state index contributed by atoms with van der Waals surface area (Å²) in [6.07, 6.45) is 0.389. The Kier molecular flexibility index (Phi) is 5.70. The molecule has 32 heavy (non-hydrogen) atoms. The van der Waals surface area contributed by atoms with Crippen molar-refractivity contribution >= 4 is 40.5 Å². The summed E-state index contributed by atoms with van der Waals surface area (Å²) in [6.45, 7) is 4.01. The summed E-state index contributed by atoms with van der Waals surface area (Å²) in [5.41, 5.74) is 3.89. The van der Waals surface area contributed by atoms with Crippen molar-refractivity contribution in [3.05, 3.63) is 92.4 Å². The molecule has 4 nitrogen and oxygen atoms in total. The molecule has 7 heteroatoms. The minimum absolute atomic E-state index is 0.0442. The quantitative estimate of drug-likeness (QED) is 0.378. The summed E-state index contributed by atoms with van der Waals surface area (Å²) in [4.78, 5) is 0. The highest BCUT2D eigenvalue weighted by Gasteiger charge is 2.42. The Bertz CT molecular complexity index is 1180. The first kappa shape index (κ1) is 21.4. The zero-order chi connectivity index (χ0) is 22.4. The number of hydrazone groups is 1. The molecule has 0 radical (unpaired) electrons. The number of fused-ring (bicyclic) bond motifs is 3. The van der Waals surface area contributed by atoms with Gasteiger partial charge in [0.25, 0.3) is 0 Å². The molecule has 3 aromatic rings. The minimum atomic E-state index is -0.427. The van der Waals surface area contributed by atoms with Crippen LogP contribution in [0.3, 0.4) is 0 Å². The number of halogens is 3. The van der Waals surface area contributed by atoms with Gasteiger partial charge in [0, 0.05) is 27.6 Å². The Hall–Kier alpha value is -2.40. The fourth-order valence-electron chi connectivity index (χ4n) is 4.13. The van der Waals surface area contributed by atoms with Gasteiger partial charge in [0.05, 0.1) is 22.9 Å². The van der Waals surface area contributed by atoms with Crippen molar-refractivity contribution in [1.29, 1.82) is 0 Å². The molecule has 0 N–H and O–H groups in total. The number of rotatable bonds is 4. The number of nitrogens with zero attached hydrogens (tertiary/aromatic N) is 2. The summed E-state index contributed by atoms with van der Waals surface area (Å²) in [5.74, 6) is 1.46. The first-order valence-electron chi connectivity index (χ1n) is 10.4. The summed E-state index contributed by atoms with van der Waals surface area (Å²) in [5, 5.41) is 8.72. The van der Waals surface area contributed by atoms with Gasteiger partial charge in [0.15, 0.2) is 0 Å². The summed E-state index contributed by atoms with van der Waals surface area (Å²) < 4.78 is 12.2. The van der Waals surface area contributed by atoms with Crippen LogP contribution in [0.25, 0.3) is 0 Å². The van der Waals surface area contributed by atoms with Crippen LogP contribution >= 0.6 is 34.8 Å². The number of hydrogen-bond acceptors (Lipinski definition) is 4. The van der Waals surface area contributed by atoms with Crippen molar-refractivity contribution in [2.45, 2.75) is 38.6 Å². The van der Waals surface area contributed by atoms with Gasteiger partial charge in [-0.2, -0.15) is 5.10 Å². The molecule has 2 heterocycles. The molecule has 2 atom stereocenters. The van der Waals surface area contributed by atoms with Gasteiger partial charge in [-0.1, -0.05) is 46.9 Å². The second-order valence-corrected chi connectivity index (χ2v) is 9.45. The van der Waals surface area contributed by atoms with Gasteiger partial charge in [0.2, 0.25) is 6.23 Å². The fraction of sp³-hybridized carbons (Fsp3) is 0.240. The molecule has 0 fully saturated rings. The predicted octanol–water partition coefficient (Wildman–Crippen LogP) is 7.68. The maximum Gasteiger partial charge on any atom is 0.213 e. The second kappa shape index (κ2) is 8.51. The van der Waals surface area contributed by atoms with Crippen LogP contribution in [0, 0.1) is 0 Å². The van der Waals surface area contributed by atoms with Gasteiger partial charge in [-0.05, 0) is 67.9 Å². The van der Waals surface area contributed by atoms with Crippen LogP contribution in [0.2, 0.25) is 15.1 Å². The van der Waals surface area contributed by atoms with Crippen LogP contribution in [0.15, 0.2) is 65.8 Å². The third kappa shape index (κ3) is 4.03. The Balaban J connectivity index is 1.56. The third-order valence-electron chi connectivity index (χ3n) is 5.52. The summed E-state index contributed by atoms with van der Waals surface area (Å²) in [7, 11) is 0. The van der Waals surface area contributed by atoms with E-state index < -0.39 is 6.23 Å². The van der Waals surface area contributed by atoms with Crippen LogP contribution in [-0.2, 0) is 0 Å². The van der Waals surface area contributed by atoms with Crippen molar-refractivity contribution in [2.24, 2.45) is 5.10 Å². The molecule has 2 aliphatic rings. The highest BCUT2D eigenvalue weighted by Crippen LogP contribution is 2.50. The average molecular weight is 488 g/mol. The SMILES string of the molecule is CC(C)Oc1ccc([C@H]2Oc3c(Cl)cc(Cl)cc3[C@@H]3CC(c4ccc(Cl)cc4)=NN23)cc1. The number of benzene rings is 3. The highest BCUT2D eigenvalue weighted by atomic mass is 35.5. The van der Waals surface area contributed by atoms with Crippen molar-refractivity contribution < 1.29 is 9.47 Å². The maximum atomic E-state index is 6.54. The first-order chi connectivity index (χ1) is 15.4. The maximum absolute atomic E-state index is 6.54. The Morgan fingerprint density at radius 1 is 0.969 bits per heavy atom. The Labute approximate surface area is 202 Å². The summed E-state index contributed by atoms with van der Waals surface area (Å²) in [6, 6.07) is 19.2. The van der Waals surface area contributed by atoms with Crippen molar-refractivity contribution in [1.82, 2.24) is 5.01 Å². The lowest BCUT2D eigenvalue weighted by Gasteiger charge is -2.38.